The maximum absolute atomic E-state index is 14.3. The molecule has 242 valence electrons. The minimum atomic E-state index is -4.76. The van der Waals surface area contributed by atoms with E-state index in [4.69, 9.17) is 11.6 Å². The van der Waals surface area contributed by atoms with Gasteiger partial charge in [-0.2, -0.15) is 13.2 Å². The van der Waals surface area contributed by atoms with Crippen molar-refractivity contribution in [1.82, 2.24) is 10.2 Å². The first-order chi connectivity index (χ1) is 21.8. The van der Waals surface area contributed by atoms with Crippen molar-refractivity contribution in [1.29, 1.82) is 0 Å². The third-order valence-electron chi connectivity index (χ3n) is 7.24. The van der Waals surface area contributed by atoms with Gasteiger partial charge in [0.15, 0.2) is 0 Å². The van der Waals surface area contributed by atoms with E-state index in [-0.39, 0.29) is 30.1 Å². The molecule has 4 rings (SSSR count). The van der Waals surface area contributed by atoms with Crippen LogP contribution in [0.3, 0.4) is 0 Å². The second-order valence-electron chi connectivity index (χ2n) is 10.6. The van der Waals surface area contributed by atoms with Crippen molar-refractivity contribution >= 4 is 39.1 Å². The fraction of sp³-hybridized carbons (Fsp3) is 0.235. The van der Waals surface area contributed by atoms with E-state index in [1.165, 1.54) is 23.1 Å². The number of hydrogen-bond acceptors (Lipinski definition) is 4. The normalized spacial score (nSPS) is 12.3. The number of amides is 2. The van der Waals surface area contributed by atoms with Crippen molar-refractivity contribution < 1.29 is 31.2 Å². The Hall–Kier alpha value is -4.35. The quantitative estimate of drug-likeness (QED) is 0.183. The van der Waals surface area contributed by atoms with Gasteiger partial charge in [-0.05, 0) is 67.4 Å². The van der Waals surface area contributed by atoms with E-state index in [1.807, 2.05) is 6.07 Å². The lowest BCUT2D eigenvalue weighted by atomic mass is 10.0. The lowest BCUT2D eigenvalue weighted by Gasteiger charge is -2.34. The highest BCUT2D eigenvalue weighted by molar-refractivity contribution is 7.92. The first-order valence-corrected chi connectivity index (χ1v) is 16.2. The van der Waals surface area contributed by atoms with Crippen LogP contribution in [0, 0.1) is 6.92 Å². The van der Waals surface area contributed by atoms with Crippen LogP contribution in [-0.4, -0.2) is 44.3 Å². The third kappa shape index (κ3) is 8.67. The molecule has 0 aromatic heterocycles. The molecule has 0 aliphatic carbocycles. The van der Waals surface area contributed by atoms with E-state index >= 15 is 0 Å². The fourth-order valence-electron chi connectivity index (χ4n) is 4.84. The van der Waals surface area contributed by atoms with Crippen molar-refractivity contribution in [2.75, 3.05) is 17.4 Å². The molecule has 0 heterocycles. The van der Waals surface area contributed by atoms with Gasteiger partial charge in [0.25, 0.3) is 10.0 Å². The van der Waals surface area contributed by atoms with Gasteiger partial charge in [0.1, 0.15) is 12.6 Å². The van der Waals surface area contributed by atoms with Gasteiger partial charge in [0, 0.05) is 24.5 Å². The number of aryl methyl sites for hydroxylation is 1. The average molecular weight is 672 g/mol. The summed E-state index contributed by atoms with van der Waals surface area (Å²) in [7, 11) is -4.55. The van der Waals surface area contributed by atoms with Gasteiger partial charge < -0.3 is 10.2 Å². The van der Waals surface area contributed by atoms with Gasteiger partial charge in [0.05, 0.1) is 16.1 Å². The highest BCUT2D eigenvalue weighted by Gasteiger charge is 2.36. The summed E-state index contributed by atoms with van der Waals surface area (Å²) in [5, 5.41) is 3.21. The Morgan fingerprint density at radius 1 is 0.870 bits per heavy atom. The Kier molecular flexibility index (Phi) is 11.1. The van der Waals surface area contributed by atoms with Crippen LogP contribution in [0.15, 0.2) is 108 Å². The standard InChI is InChI=1S/C34H33ClF3N3O4S/c1-3-39-33(43)31(20-25-8-5-4-6-9-25)40(22-26-14-16-28(35)17-15-26)32(42)23-41(29-11-7-10-27(21-29)34(36,37)38)46(44,45)30-18-12-24(2)13-19-30/h4-19,21,31H,3,20,22-23H2,1-2H3,(H,39,43). The molecule has 46 heavy (non-hydrogen) atoms. The number of rotatable bonds is 12. The van der Waals surface area contributed by atoms with Crippen LogP contribution in [0.1, 0.15) is 29.2 Å². The third-order valence-corrected chi connectivity index (χ3v) is 9.28. The van der Waals surface area contributed by atoms with E-state index in [0.717, 1.165) is 23.3 Å². The van der Waals surface area contributed by atoms with Crippen LogP contribution < -0.4 is 9.62 Å². The first kappa shape index (κ1) is 34.5. The highest BCUT2D eigenvalue weighted by Crippen LogP contribution is 2.33. The molecule has 0 aliphatic rings. The zero-order valence-electron chi connectivity index (χ0n) is 25.2. The SMILES string of the molecule is CCNC(=O)C(Cc1ccccc1)N(Cc1ccc(Cl)cc1)C(=O)CN(c1cccc(C(F)(F)F)c1)S(=O)(=O)c1ccc(C)cc1. The van der Waals surface area contributed by atoms with Crippen LogP contribution in [0.4, 0.5) is 18.9 Å². The number of carbonyl (C=O) groups is 2. The molecule has 0 saturated heterocycles. The Morgan fingerprint density at radius 2 is 1.52 bits per heavy atom. The minimum Gasteiger partial charge on any atom is -0.355 e. The van der Waals surface area contributed by atoms with Crippen LogP contribution in [0.25, 0.3) is 0 Å². The molecule has 1 unspecified atom stereocenters. The summed E-state index contributed by atoms with van der Waals surface area (Å²) in [6, 6.07) is 24.0. The number of halogens is 4. The minimum absolute atomic E-state index is 0.0975. The molecule has 0 aliphatic heterocycles. The van der Waals surface area contributed by atoms with Crippen molar-refractivity contribution in [3.63, 3.8) is 0 Å². The molecule has 1 atom stereocenters. The first-order valence-electron chi connectivity index (χ1n) is 14.4. The number of nitrogens with zero attached hydrogens (tertiary/aromatic N) is 2. The predicted molar refractivity (Wildman–Crippen MR) is 172 cm³/mol. The molecule has 0 fully saturated rings. The Morgan fingerprint density at radius 3 is 2.13 bits per heavy atom. The van der Waals surface area contributed by atoms with E-state index in [9.17, 15) is 31.2 Å². The number of benzene rings is 4. The van der Waals surface area contributed by atoms with Gasteiger partial charge in [-0.25, -0.2) is 8.42 Å². The highest BCUT2D eigenvalue weighted by atomic mass is 35.5. The van der Waals surface area contributed by atoms with E-state index in [1.54, 1.807) is 74.5 Å². The number of hydrogen-bond donors (Lipinski definition) is 1. The molecular formula is C34H33ClF3N3O4S. The number of likely N-dealkylation sites (N-methyl/N-ethyl adjacent to an activating group) is 1. The Balaban J connectivity index is 1.83. The summed E-state index contributed by atoms with van der Waals surface area (Å²) in [5.41, 5.74) is 0.680. The van der Waals surface area contributed by atoms with E-state index < -0.39 is 46.2 Å². The van der Waals surface area contributed by atoms with Gasteiger partial charge in [-0.3, -0.25) is 13.9 Å². The molecule has 7 nitrogen and oxygen atoms in total. The van der Waals surface area contributed by atoms with Crippen molar-refractivity contribution in [3.05, 3.63) is 130 Å². The monoisotopic (exact) mass is 671 g/mol. The van der Waals surface area contributed by atoms with Crippen LogP contribution >= 0.6 is 11.6 Å². The van der Waals surface area contributed by atoms with E-state index in [2.05, 4.69) is 5.32 Å². The smallest absolute Gasteiger partial charge is 0.355 e. The van der Waals surface area contributed by atoms with Gasteiger partial charge in [0.2, 0.25) is 11.8 Å². The van der Waals surface area contributed by atoms with Crippen molar-refractivity contribution in [3.8, 4) is 0 Å². The number of nitrogens with one attached hydrogen (secondary N) is 1. The molecule has 0 bridgehead atoms. The number of alkyl halides is 3. The number of sulfonamides is 1. The average Bonchev–Trinajstić information content (AvgIpc) is 3.02. The molecule has 12 heteroatoms. The maximum atomic E-state index is 14.3. The summed E-state index contributed by atoms with van der Waals surface area (Å²) < 4.78 is 69.9. The molecule has 1 N–H and O–H groups in total. The Bertz CT molecular complexity index is 1750. The van der Waals surface area contributed by atoms with Crippen molar-refractivity contribution in [2.24, 2.45) is 0 Å². The maximum Gasteiger partial charge on any atom is 0.416 e. The predicted octanol–water partition coefficient (Wildman–Crippen LogP) is 6.64. The summed E-state index contributed by atoms with van der Waals surface area (Å²) in [5.74, 6) is -1.27. The van der Waals surface area contributed by atoms with Crippen LogP contribution in [0.5, 0.6) is 0 Å². The van der Waals surface area contributed by atoms with Crippen LogP contribution in [-0.2, 0) is 38.8 Å². The number of carbonyl (C=O) groups excluding carboxylic acids is 2. The zero-order chi connectivity index (χ0) is 33.5. The molecule has 0 saturated carbocycles. The zero-order valence-corrected chi connectivity index (χ0v) is 26.7. The lowest BCUT2D eigenvalue weighted by Crippen LogP contribution is -2.53. The molecule has 4 aromatic carbocycles. The van der Waals surface area contributed by atoms with Crippen molar-refractivity contribution in [2.45, 2.75) is 43.9 Å². The summed E-state index contributed by atoms with van der Waals surface area (Å²) in [6.07, 6.45) is -4.67. The second kappa shape index (κ2) is 14.8. The largest absolute Gasteiger partial charge is 0.416 e. The molecule has 4 aromatic rings. The molecule has 2 amide bonds. The summed E-state index contributed by atoms with van der Waals surface area (Å²) in [4.78, 5) is 28.9. The second-order valence-corrected chi connectivity index (χ2v) is 12.9. The van der Waals surface area contributed by atoms with E-state index in [0.29, 0.717) is 21.0 Å². The van der Waals surface area contributed by atoms with Gasteiger partial charge in [-0.15, -0.1) is 0 Å². The van der Waals surface area contributed by atoms with Crippen LogP contribution in [0.2, 0.25) is 5.02 Å². The van der Waals surface area contributed by atoms with Gasteiger partial charge >= 0.3 is 6.18 Å². The summed E-state index contributed by atoms with van der Waals surface area (Å²) >= 11 is 6.07. The fourth-order valence-corrected chi connectivity index (χ4v) is 6.37. The topological polar surface area (TPSA) is 86.8 Å². The lowest BCUT2D eigenvalue weighted by molar-refractivity contribution is -0.140. The Labute approximate surface area is 271 Å². The molecular weight excluding hydrogens is 639 g/mol. The molecule has 0 spiro atoms. The number of anilines is 1. The molecule has 0 radical (unpaired) electrons. The van der Waals surface area contributed by atoms with Gasteiger partial charge in [-0.1, -0.05) is 77.8 Å². The summed E-state index contributed by atoms with van der Waals surface area (Å²) in [6.45, 7) is 2.77.